The topological polar surface area (TPSA) is 106 Å². The Bertz CT molecular complexity index is 619. The predicted molar refractivity (Wildman–Crippen MR) is 82.9 cm³/mol. The van der Waals surface area contributed by atoms with Crippen molar-refractivity contribution in [3.8, 4) is 0 Å². The molecule has 0 unspecified atom stereocenters. The van der Waals surface area contributed by atoms with E-state index in [-0.39, 0.29) is 11.5 Å². The third-order valence-corrected chi connectivity index (χ3v) is 4.16. The summed E-state index contributed by atoms with van der Waals surface area (Å²) in [7, 11) is 0. The molecule has 0 saturated heterocycles. The molecule has 2 aromatic rings. The lowest BCUT2D eigenvalue weighted by molar-refractivity contribution is -0.384. The van der Waals surface area contributed by atoms with Crippen LogP contribution in [0.3, 0.4) is 0 Å². The number of hydrogen-bond acceptors (Lipinski definition) is 7. The van der Waals surface area contributed by atoms with Crippen LogP contribution in [0.15, 0.2) is 28.1 Å². The van der Waals surface area contributed by atoms with E-state index in [1.165, 1.54) is 17.0 Å². The highest BCUT2D eigenvalue weighted by Gasteiger charge is 2.10. The number of aromatic nitrogens is 1. The fourth-order valence-electron chi connectivity index (χ4n) is 1.59. The number of hydrazine groups is 1. The van der Waals surface area contributed by atoms with E-state index in [4.69, 9.17) is 5.84 Å². The van der Waals surface area contributed by atoms with Crippen LogP contribution in [0.5, 0.6) is 0 Å². The summed E-state index contributed by atoms with van der Waals surface area (Å²) in [5.41, 5.74) is 2.25. The van der Waals surface area contributed by atoms with Crippen LogP contribution in [0.4, 0.5) is 17.3 Å². The molecule has 0 aliphatic rings. The zero-order valence-corrected chi connectivity index (χ0v) is 12.7. The fourth-order valence-corrected chi connectivity index (χ4v) is 3.07. The van der Waals surface area contributed by atoms with Gasteiger partial charge in [-0.15, -0.1) is 11.3 Å². The second-order valence-corrected chi connectivity index (χ2v) is 6.43. The van der Waals surface area contributed by atoms with E-state index in [0.717, 1.165) is 10.2 Å². The van der Waals surface area contributed by atoms with Gasteiger partial charge in [-0.05, 0) is 34.5 Å². The van der Waals surface area contributed by atoms with E-state index >= 15 is 0 Å². The maximum atomic E-state index is 10.8. The molecule has 0 aliphatic heterocycles. The standard InChI is InChI=1S/C11H12BrN5O2S/c12-9-2-1-8(20-9)3-4-14-10-5-7(17(18)19)6-11(15-10)16-13/h1-2,5-6H,3-4,13H2,(H2,14,15,16). The number of halogens is 1. The van der Waals surface area contributed by atoms with Crippen molar-refractivity contribution >= 4 is 44.6 Å². The summed E-state index contributed by atoms with van der Waals surface area (Å²) < 4.78 is 1.08. The average Bonchev–Trinajstić information content (AvgIpc) is 2.84. The molecule has 0 bridgehead atoms. The van der Waals surface area contributed by atoms with Gasteiger partial charge in [-0.3, -0.25) is 10.1 Å². The van der Waals surface area contributed by atoms with E-state index in [0.29, 0.717) is 12.4 Å². The summed E-state index contributed by atoms with van der Waals surface area (Å²) in [5.74, 6) is 5.91. The van der Waals surface area contributed by atoms with Gasteiger partial charge in [0.05, 0.1) is 20.8 Å². The van der Waals surface area contributed by atoms with Gasteiger partial charge in [-0.25, -0.2) is 10.8 Å². The van der Waals surface area contributed by atoms with Gasteiger partial charge in [0.2, 0.25) is 0 Å². The molecule has 0 aromatic carbocycles. The van der Waals surface area contributed by atoms with E-state index in [9.17, 15) is 10.1 Å². The number of nitrogens with one attached hydrogen (secondary N) is 2. The van der Waals surface area contributed by atoms with Crippen molar-refractivity contribution in [2.45, 2.75) is 6.42 Å². The van der Waals surface area contributed by atoms with Crippen LogP contribution in [0.1, 0.15) is 4.88 Å². The first kappa shape index (κ1) is 14.7. The zero-order chi connectivity index (χ0) is 14.5. The lowest BCUT2D eigenvalue weighted by Gasteiger charge is -2.06. The Balaban J connectivity index is 2.01. The number of rotatable bonds is 6. The van der Waals surface area contributed by atoms with Gasteiger partial charge in [-0.1, -0.05) is 0 Å². The molecular weight excluding hydrogens is 346 g/mol. The van der Waals surface area contributed by atoms with Crippen LogP contribution in [-0.4, -0.2) is 16.5 Å². The molecular formula is C11H12BrN5O2S. The molecule has 2 rings (SSSR count). The average molecular weight is 358 g/mol. The first-order valence-corrected chi connectivity index (χ1v) is 7.30. The second-order valence-electron chi connectivity index (χ2n) is 3.88. The van der Waals surface area contributed by atoms with Crippen molar-refractivity contribution in [3.05, 3.63) is 43.0 Å². The molecule has 9 heteroatoms. The maximum Gasteiger partial charge on any atom is 0.276 e. The van der Waals surface area contributed by atoms with E-state index < -0.39 is 4.92 Å². The number of thiophene rings is 1. The number of nitrogen functional groups attached to an aromatic ring is 1. The third-order valence-electron chi connectivity index (χ3n) is 2.48. The summed E-state index contributed by atoms with van der Waals surface area (Å²) in [6.07, 6.45) is 0.812. The van der Waals surface area contributed by atoms with Gasteiger partial charge < -0.3 is 10.7 Å². The number of nitro groups is 1. The summed E-state index contributed by atoms with van der Waals surface area (Å²) in [4.78, 5) is 15.6. The van der Waals surface area contributed by atoms with Crippen molar-refractivity contribution in [1.82, 2.24) is 4.98 Å². The van der Waals surface area contributed by atoms with E-state index in [1.807, 2.05) is 12.1 Å². The monoisotopic (exact) mass is 357 g/mol. The van der Waals surface area contributed by atoms with Crippen LogP contribution in [0.25, 0.3) is 0 Å². The highest BCUT2D eigenvalue weighted by molar-refractivity contribution is 9.11. The van der Waals surface area contributed by atoms with Crippen LogP contribution in [0.2, 0.25) is 0 Å². The Kier molecular flexibility index (Phi) is 4.88. The minimum absolute atomic E-state index is 0.0608. The number of nitrogens with zero attached hydrogens (tertiary/aromatic N) is 2. The Labute approximate surface area is 127 Å². The van der Waals surface area contributed by atoms with Gasteiger partial charge in [0.1, 0.15) is 11.6 Å². The fraction of sp³-hybridized carbons (Fsp3) is 0.182. The Morgan fingerprint density at radius 1 is 1.40 bits per heavy atom. The lowest BCUT2D eigenvalue weighted by atomic mass is 10.3. The van der Waals surface area contributed by atoms with Gasteiger partial charge in [0, 0.05) is 11.4 Å². The maximum absolute atomic E-state index is 10.8. The largest absolute Gasteiger partial charge is 0.369 e. The molecule has 0 aliphatic carbocycles. The highest BCUT2D eigenvalue weighted by Crippen LogP contribution is 2.23. The van der Waals surface area contributed by atoms with Crippen molar-refractivity contribution in [1.29, 1.82) is 0 Å². The molecule has 0 radical (unpaired) electrons. The molecule has 2 aromatic heterocycles. The second kappa shape index (κ2) is 6.64. The molecule has 0 atom stereocenters. The summed E-state index contributed by atoms with van der Waals surface area (Å²) in [5, 5.41) is 13.8. The Morgan fingerprint density at radius 2 is 2.15 bits per heavy atom. The minimum atomic E-state index is -0.482. The van der Waals surface area contributed by atoms with Crippen molar-refractivity contribution in [3.63, 3.8) is 0 Å². The van der Waals surface area contributed by atoms with E-state index in [1.54, 1.807) is 11.3 Å². The number of pyridine rings is 1. The van der Waals surface area contributed by atoms with Crippen LogP contribution >= 0.6 is 27.3 Å². The predicted octanol–water partition coefficient (Wildman–Crippen LogP) is 2.75. The van der Waals surface area contributed by atoms with Crippen molar-refractivity contribution in [2.75, 3.05) is 17.3 Å². The Hall–Kier alpha value is -1.71. The number of anilines is 2. The number of nitrogens with two attached hydrogens (primary N) is 1. The molecule has 0 saturated carbocycles. The molecule has 0 spiro atoms. The third kappa shape index (κ3) is 3.89. The molecule has 0 fully saturated rings. The molecule has 2 heterocycles. The number of hydrogen-bond donors (Lipinski definition) is 3. The first-order valence-electron chi connectivity index (χ1n) is 5.69. The molecule has 20 heavy (non-hydrogen) atoms. The first-order chi connectivity index (χ1) is 9.58. The Morgan fingerprint density at radius 3 is 2.75 bits per heavy atom. The summed E-state index contributed by atoms with van der Waals surface area (Å²) >= 11 is 5.06. The van der Waals surface area contributed by atoms with Gasteiger partial charge in [-0.2, -0.15) is 0 Å². The van der Waals surface area contributed by atoms with Gasteiger partial charge in [0.25, 0.3) is 5.69 Å². The molecule has 0 amide bonds. The summed E-state index contributed by atoms with van der Waals surface area (Å²) in [6, 6.07) is 6.68. The molecule has 106 valence electrons. The lowest BCUT2D eigenvalue weighted by Crippen LogP contribution is -2.11. The van der Waals surface area contributed by atoms with Crippen molar-refractivity contribution < 1.29 is 4.92 Å². The normalized spacial score (nSPS) is 10.3. The van der Waals surface area contributed by atoms with Crippen molar-refractivity contribution in [2.24, 2.45) is 5.84 Å². The van der Waals surface area contributed by atoms with Crippen LogP contribution in [0, 0.1) is 10.1 Å². The van der Waals surface area contributed by atoms with E-state index in [2.05, 4.69) is 31.7 Å². The SMILES string of the molecule is NNc1cc([N+](=O)[O-])cc(NCCc2ccc(Br)s2)n1. The van der Waals surface area contributed by atoms with Crippen LogP contribution in [-0.2, 0) is 6.42 Å². The molecule has 4 N–H and O–H groups in total. The smallest absolute Gasteiger partial charge is 0.276 e. The minimum Gasteiger partial charge on any atom is -0.369 e. The van der Waals surface area contributed by atoms with Gasteiger partial charge in [0.15, 0.2) is 0 Å². The quantitative estimate of drug-likeness (QED) is 0.417. The molecule has 7 nitrogen and oxygen atoms in total. The van der Waals surface area contributed by atoms with Gasteiger partial charge >= 0.3 is 0 Å². The summed E-state index contributed by atoms with van der Waals surface area (Å²) in [6.45, 7) is 0.630. The van der Waals surface area contributed by atoms with Crippen LogP contribution < -0.4 is 16.6 Å². The highest BCUT2D eigenvalue weighted by atomic mass is 79.9. The zero-order valence-electron chi connectivity index (χ0n) is 10.3.